The molecule has 4 aromatic rings. The minimum Gasteiger partial charge on any atom is -0.494 e. The lowest BCUT2D eigenvalue weighted by Crippen LogP contribution is -2.22. The molecule has 0 bridgehead atoms. The number of hydrogen-bond acceptors (Lipinski definition) is 4. The molecule has 1 amide bonds. The fourth-order valence-electron chi connectivity index (χ4n) is 3.49. The van der Waals surface area contributed by atoms with E-state index in [9.17, 15) is 4.79 Å². The van der Waals surface area contributed by atoms with Crippen molar-refractivity contribution in [2.75, 3.05) is 6.61 Å². The van der Waals surface area contributed by atoms with E-state index in [1.165, 1.54) is 0 Å². The van der Waals surface area contributed by atoms with E-state index in [1.54, 1.807) is 0 Å². The summed E-state index contributed by atoms with van der Waals surface area (Å²) >= 11 is 5.39. The van der Waals surface area contributed by atoms with E-state index in [4.69, 9.17) is 17.0 Å². The van der Waals surface area contributed by atoms with Gasteiger partial charge in [0.15, 0.2) is 10.6 Å². The zero-order valence-corrected chi connectivity index (χ0v) is 19.2. The van der Waals surface area contributed by atoms with Crippen LogP contribution < -0.4 is 10.2 Å². The summed E-state index contributed by atoms with van der Waals surface area (Å²) in [5.74, 6) is 1.25. The van der Waals surface area contributed by atoms with Gasteiger partial charge in [0.1, 0.15) is 11.2 Å². The molecule has 8 heteroatoms. The van der Waals surface area contributed by atoms with E-state index >= 15 is 0 Å². The van der Waals surface area contributed by atoms with Gasteiger partial charge in [0.05, 0.1) is 6.61 Å². The Bertz CT molecular complexity index is 1340. The van der Waals surface area contributed by atoms with Crippen molar-refractivity contribution in [2.45, 2.75) is 26.4 Å². The molecule has 0 saturated carbocycles. The van der Waals surface area contributed by atoms with Gasteiger partial charge in [0, 0.05) is 31.3 Å². The molecule has 0 saturated heterocycles. The summed E-state index contributed by atoms with van der Waals surface area (Å²) in [6.45, 7) is 3.57. The lowest BCUT2D eigenvalue weighted by Gasteiger charge is -2.08. The number of nitrogens with one attached hydrogen (secondary N) is 1. The first-order valence-corrected chi connectivity index (χ1v) is 11.2. The van der Waals surface area contributed by atoms with Crippen LogP contribution in [0.5, 0.6) is 5.75 Å². The van der Waals surface area contributed by atoms with E-state index in [0.717, 1.165) is 16.9 Å². The van der Waals surface area contributed by atoms with Crippen LogP contribution in [-0.4, -0.2) is 31.8 Å². The number of ether oxygens (including phenoxy) is 1. The van der Waals surface area contributed by atoms with E-state index in [0.29, 0.717) is 35.8 Å². The molecule has 168 valence electrons. The average Bonchev–Trinajstić information content (AvgIpc) is 3.20. The standard InChI is InChI=1S/C25H25N5O2S/c1-2-32-21-13-11-20(12-14-21)24-27-28-25(33)30(24)17-15-23(31)26-22-10-6-7-16-29(22)18-19-8-4-3-5-9-19/h3-14,16H,2,15,17-18H2,1H3,(H,28,33). The Kier molecular flexibility index (Phi) is 7.26. The quantitative estimate of drug-likeness (QED) is 0.397. The number of carbonyl (C=O) groups excluding carboxylic acids is 1. The molecule has 0 fully saturated rings. The Balaban J connectivity index is 1.50. The van der Waals surface area contributed by atoms with Gasteiger partial charge in [-0.1, -0.05) is 36.4 Å². The molecule has 0 atom stereocenters. The third kappa shape index (κ3) is 5.72. The smallest absolute Gasteiger partial charge is 0.249 e. The predicted molar refractivity (Wildman–Crippen MR) is 129 cm³/mol. The van der Waals surface area contributed by atoms with E-state index in [2.05, 4.69) is 27.3 Å². The summed E-state index contributed by atoms with van der Waals surface area (Å²) in [7, 11) is 0. The largest absolute Gasteiger partial charge is 0.494 e. The first kappa shape index (κ1) is 22.4. The van der Waals surface area contributed by atoms with Crippen LogP contribution in [0.2, 0.25) is 0 Å². The predicted octanol–water partition coefficient (Wildman–Crippen LogP) is 4.37. The van der Waals surface area contributed by atoms with Crippen molar-refractivity contribution >= 4 is 18.1 Å². The van der Waals surface area contributed by atoms with Gasteiger partial charge in [-0.25, -0.2) is 0 Å². The van der Waals surface area contributed by atoms with E-state index in [-0.39, 0.29) is 12.3 Å². The summed E-state index contributed by atoms with van der Waals surface area (Å²) in [5, 5.41) is 7.17. The minimum atomic E-state index is -0.219. The number of amides is 1. The highest BCUT2D eigenvalue weighted by Gasteiger charge is 2.11. The second kappa shape index (κ2) is 10.7. The van der Waals surface area contributed by atoms with Crippen molar-refractivity contribution in [3.63, 3.8) is 0 Å². The van der Waals surface area contributed by atoms with Crippen LogP contribution in [0.15, 0.2) is 84.0 Å². The molecule has 0 spiro atoms. The lowest BCUT2D eigenvalue weighted by molar-refractivity contribution is -0.118. The Hall–Kier alpha value is -3.78. The van der Waals surface area contributed by atoms with Gasteiger partial charge < -0.3 is 9.30 Å². The average molecular weight is 460 g/mol. The molecular formula is C25H25N5O2S. The summed E-state index contributed by atoms with van der Waals surface area (Å²) in [6, 6.07) is 23.4. The number of benzene rings is 2. The van der Waals surface area contributed by atoms with Gasteiger partial charge in [0.2, 0.25) is 5.91 Å². The molecule has 0 unspecified atom stereocenters. The number of nitrogens with zero attached hydrogens (tertiary/aromatic N) is 4. The third-order valence-corrected chi connectivity index (χ3v) is 5.39. The van der Waals surface area contributed by atoms with Gasteiger partial charge >= 0.3 is 0 Å². The van der Waals surface area contributed by atoms with Crippen LogP contribution in [0.1, 0.15) is 18.9 Å². The van der Waals surface area contributed by atoms with Gasteiger partial charge in [-0.3, -0.25) is 14.5 Å². The van der Waals surface area contributed by atoms with Crippen molar-refractivity contribution < 1.29 is 9.53 Å². The Labute approximate surface area is 197 Å². The number of pyridine rings is 1. The van der Waals surface area contributed by atoms with E-state index < -0.39 is 0 Å². The SMILES string of the molecule is CCOc1ccc(-c2n[nH]c(=S)n2CCC(=O)N=c2ccccn2Cc2ccccc2)cc1. The first-order chi connectivity index (χ1) is 16.1. The molecular weight excluding hydrogens is 434 g/mol. The minimum absolute atomic E-state index is 0.206. The van der Waals surface area contributed by atoms with Crippen molar-refractivity contribution in [1.82, 2.24) is 19.3 Å². The summed E-state index contributed by atoms with van der Waals surface area (Å²) in [5.41, 5.74) is 2.65. The molecule has 0 radical (unpaired) electrons. The van der Waals surface area contributed by atoms with Crippen molar-refractivity contribution in [3.05, 3.63) is 94.8 Å². The Morgan fingerprint density at radius 1 is 1.06 bits per heavy atom. The van der Waals surface area contributed by atoms with Gasteiger partial charge in [0.25, 0.3) is 0 Å². The molecule has 2 heterocycles. The van der Waals surface area contributed by atoms with E-state index in [1.807, 2.05) is 82.9 Å². The maximum absolute atomic E-state index is 12.7. The second-order valence-electron chi connectivity index (χ2n) is 7.39. The fourth-order valence-corrected chi connectivity index (χ4v) is 3.71. The highest BCUT2D eigenvalue weighted by Crippen LogP contribution is 2.21. The van der Waals surface area contributed by atoms with Crippen LogP contribution >= 0.6 is 12.2 Å². The highest BCUT2D eigenvalue weighted by molar-refractivity contribution is 7.71. The molecule has 2 aromatic heterocycles. The first-order valence-electron chi connectivity index (χ1n) is 10.8. The molecule has 0 aliphatic rings. The summed E-state index contributed by atoms with van der Waals surface area (Å²) < 4.78 is 9.74. The van der Waals surface area contributed by atoms with Crippen LogP contribution in [0.25, 0.3) is 11.4 Å². The topological polar surface area (TPSA) is 77.2 Å². The summed E-state index contributed by atoms with van der Waals surface area (Å²) in [6.07, 6.45) is 2.13. The van der Waals surface area contributed by atoms with Gasteiger partial charge in [-0.05, 0) is 61.1 Å². The third-order valence-electron chi connectivity index (χ3n) is 5.08. The molecule has 33 heavy (non-hydrogen) atoms. The van der Waals surface area contributed by atoms with Crippen molar-refractivity contribution in [2.24, 2.45) is 4.99 Å². The molecule has 0 aliphatic heterocycles. The lowest BCUT2D eigenvalue weighted by atomic mass is 10.2. The summed E-state index contributed by atoms with van der Waals surface area (Å²) in [4.78, 5) is 17.1. The number of aromatic nitrogens is 4. The van der Waals surface area contributed by atoms with Crippen LogP contribution in [0.4, 0.5) is 0 Å². The van der Waals surface area contributed by atoms with Crippen molar-refractivity contribution in [1.29, 1.82) is 0 Å². The molecule has 0 aliphatic carbocycles. The molecule has 2 aromatic carbocycles. The molecule has 1 N–H and O–H groups in total. The molecule has 4 rings (SSSR count). The normalized spacial score (nSPS) is 11.5. The zero-order chi connectivity index (χ0) is 23.0. The van der Waals surface area contributed by atoms with Gasteiger partial charge in [-0.15, -0.1) is 0 Å². The van der Waals surface area contributed by atoms with Crippen LogP contribution in [0, 0.1) is 4.77 Å². The second-order valence-corrected chi connectivity index (χ2v) is 7.78. The van der Waals surface area contributed by atoms with Crippen molar-refractivity contribution in [3.8, 4) is 17.1 Å². The number of hydrogen-bond donors (Lipinski definition) is 1. The number of rotatable bonds is 8. The maximum Gasteiger partial charge on any atom is 0.249 e. The Morgan fingerprint density at radius 3 is 2.58 bits per heavy atom. The number of H-pyrrole nitrogens is 1. The molecule has 7 nitrogen and oxygen atoms in total. The monoisotopic (exact) mass is 459 g/mol. The van der Waals surface area contributed by atoms with Gasteiger partial charge in [-0.2, -0.15) is 10.1 Å². The number of carbonyl (C=O) groups is 1. The fraction of sp³-hybridized carbons (Fsp3) is 0.200. The van der Waals surface area contributed by atoms with Crippen LogP contribution in [0.3, 0.4) is 0 Å². The number of aromatic amines is 1. The highest BCUT2D eigenvalue weighted by atomic mass is 32.1. The Morgan fingerprint density at radius 2 is 1.82 bits per heavy atom. The van der Waals surface area contributed by atoms with Crippen LogP contribution in [-0.2, 0) is 17.9 Å². The zero-order valence-electron chi connectivity index (χ0n) is 18.3. The maximum atomic E-state index is 12.7.